The Hall–Kier alpha value is 0. The molecule has 0 heterocycles. The van der Waals surface area contributed by atoms with Gasteiger partial charge >= 0.3 is 0 Å². The fraction of sp³-hybridized carbons (Fsp3) is 1.00. The Balaban J connectivity index is 1.45. The number of hydrogen-bond acceptors (Lipinski definition) is 0. The molecule has 0 spiro atoms. The van der Waals surface area contributed by atoms with E-state index >= 15 is 0 Å². The lowest BCUT2D eigenvalue weighted by Gasteiger charge is -2.44. The van der Waals surface area contributed by atoms with Crippen molar-refractivity contribution in [2.24, 2.45) is 47.3 Å². The first kappa shape index (κ1) is 15.5. The Morgan fingerprint density at radius 2 is 1.36 bits per heavy atom. The zero-order valence-electron chi connectivity index (χ0n) is 15.1. The second-order valence-electron chi connectivity index (χ2n) is 9.74. The summed E-state index contributed by atoms with van der Waals surface area (Å²) in [5.74, 6) is 8.71. The van der Waals surface area contributed by atoms with E-state index in [-0.39, 0.29) is 0 Å². The van der Waals surface area contributed by atoms with Crippen LogP contribution in [0.1, 0.15) is 90.9 Å². The van der Waals surface area contributed by atoms with Crippen LogP contribution in [0.25, 0.3) is 0 Å². The number of rotatable bonds is 2. The van der Waals surface area contributed by atoms with E-state index in [4.69, 9.17) is 0 Å². The molecule has 22 heavy (non-hydrogen) atoms. The highest BCUT2D eigenvalue weighted by molar-refractivity contribution is 4.99. The molecule has 4 aliphatic rings. The molecule has 0 bridgehead atoms. The summed E-state index contributed by atoms with van der Waals surface area (Å²) in [6.07, 6.45) is 18.7. The summed E-state index contributed by atoms with van der Waals surface area (Å²) in [6.45, 7) is 5.26. The maximum atomic E-state index is 2.64. The van der Waals surface area contributed by atoms with Crippen molar-refractivity contribution in [3.8, 4) is 0 Å². The molecule has 7 atom stereocenters. The normalized spacial score (nSPS) is 47.7. The first-order chi connectivity index (χ1) is 10.7. The van der Waals surface area contributed by atoms with E-state index < -0.39 is 0 Å². The third-order valence-corrected chi connectivity index (χ3v) is 8.76. The molecule has 0 saturated heterocycles. The molecule has 4 fully saturated rings. The highest BCUT2D eigenvalue weighted by atomic mass is 14.5. The van der Waals surface area contributed by atoms with Gasteiger partial charge in [0, 0.05) is 0 Å². The standard InChI is InChI=1S/C22H38/c1-15-12-19(16(2)17-8-4-3-5-9-17)14-22-20-11-7-6-10-18(20)13-21(15)22/h15-22H,3-14H2,1-2H3. The van der Waals surface area contributed by atoms with Gasteiger partial charge in [0.25, 0.3) is 0 Å². The molecule has 0 radical (unpaired) electrons. The van der Waals surface area contributed by atoms with Crippen LogP contribution in [0, 0.1) is 47.3 Å². The van der Waals surface area contributed by atoms with Crippen molar-refractivity contribution in [2.75, 3.05) is 0 Å². The van der Waals surface area contributed by atoms with Crippen LogP contribution in [0.5, 0.6) is 0 Å². The molecule has 0 aliphatic heterocycles. The molecule has 0 heteroatoms. The second-order valence-corrected chi connectivity index (χ2v) is 9.74. The largest absolute Gasteiger partial charge is 0.0622 e. The maximum absolute atomic E-state index is 2.64. The van der Waals surface area contributed by atoms with Crippen LogP contribution in [0.15, 0.2) is 0 Å². The quantitative estimate of drug-likeness (QED) is 0.533. The van der Waals surface area contributed by atoms with E-state index in [9.17, 15) is 0 Å². The average Bonchev–Trinajstić information content (AvgIpc) is 2.94. The monoisotopic (exact) mass is 302 g/mol. The van der Waals surface area contributed by atoms with Gasteiger partial charge in [0.15, 0.2) is 0 Å². The Kier molecular flexibility index (Phi) is 4.57. The highest BCUT2D eigenvalue weighted by Crippen LogP contribution is 2.58. The van der Waals surface area contributed by atoms with Crippen molar-refractivity contribution in [3.63, 3.8) is 0 Å². The molecule has 7 unspecified atom stereocenters. The smallest absolute Gasteiger partial charge is 0.0349 e. The van der Waals surface area contributed by atoms with Crippen LogP contribution >= 0.6 is 0 Å². The summed E-state index contributed by atoms with van der Waals surface area (Å²) in [5.41, 5.74) is 0. The van der Waals surface area contributed by atoms with Gasteiger partial charge in [-0.1, -0.05) is 65.2 Å². The average molecular weight is 303 g/mol. The van der Waals surface area contributed by atoms with E-state index in [2.05, 4.69) is 13.8 Å². The van der Waals surface area contributed by atoms with E-state index in [1.54, 1.807) is 51.4 Å². The van der Waals surface area contributed by atoms with Crippen LogP contribution in [0.2, 0.25) is 0 Å². The van der Waals surface area contributed by atoms with E-state index in [0.717, 1.165) is 47.3 Å². The maximum Gasteiger partial charge on any atom is -0.0349 e. The first-order valence-electron chi connectivity index (χ1n) is 10.7. The van der Waals surface area contributed by atoms with Gasteiger partial charge in [-0.05, 0) is 73.0 Å². The van der Waals surface area contributed by atoms with Crippen molar-refractivity contribution in [1.82, 2.24) is 0 Å². The lowest BCUT2D eigenvalue weighted by atomic mass is 9.61. The van der Waals surface area contributed by atoms with E-state index in [1.807, 2.05) is 0 Å². The van der Waals surface area contributed by atoms with Crippen molar-refractivity contribution in [2.45, 2.75) is 90.9 Å². The minimum absolute atomic E-state index is 1.02. The minimum atomic E-state index is 1.02. The molecule has 0 amide bonds. The molecule has 4 rings (SSSR count). The van der Waals surface area contributed by atoms with Crippen LogP contribution in [0.3, 0.4) is 0 Å². The fourth-order valence-electron chi connectivity index (χ4n) is 7.51. The first-order valence-corrected chi connectivity index (χ1v) is 10.7. The summed E-state index contributed by atoms with van der Waals surface area (Å²) in [4.78, 5) is 0. The van der Waals surface area contributed by atoms with Gasteiger partial charge in [-0.3, -0.25) is 0 Å². The zero-order chi connectivity index (χ0) is 15.1. The van der Waals surface area contributed by atoms with Gasteiger partial charge in [0.05, 0.1) is 0 Å². The van der Waals surface area contributed by atoms with Crippen molar-refractivity contribution in [1.29, 1.82) is 0 Å². The van der Waals surface area contributed by atoms with Gasteiger partial charge in [0.1, 0.15) is 0 Å². The molecular formula is C22H38. The van der Waals surface area contributed by atoms with Crippen LogP contribution in [0.4, 0.5) is 0 Å². The lowest BCUT2D eigenvalue weighted by molar-refractivity contribution is 0.0550. The van der Waals surface area contributed by atoms with Crippen molar-refractivity contribution < 1.29 is 0 Å². The summed E-state index contributed by atoms with van der Waals surface area (Å²) < 4.78 is 0. The number of hydrogen-bond donors (Lipinski definition) is 0. The van der Waals surface area contributed by atoms with Gasteiger partial charge in [0.2, 0.25) is 0 Å². The Morgan fingerprint density at radius 1 is 0.636 bits per heavy atom. The fourth-order valence-corrected chi connectivity index (χ4v) is 7.51. The van der Waals surface area contributed by atoms with E-state index in [0.29, 0.717) is 0 Å². The van der Waals surface area contributed by atoms with Crippen molar-refractivity contribution in [3.05, 3.63) is 0 Å². The third kappa shape index (κ3) is 2.78. The molecule has 0 nitrogen and oxygen atoms in total. The predicted molar refractivity (Wildman–Crippen MR) is 94.7 cm³/mol. The molecule has 126 valence electrons. The minimum Gasteiger partial charge on any atom is -0.0622 e. The topological polar surface area (TPSA) is 0 Å². The Morgan fingerprint density at radius 3 is 2.18 bits per heavy atom. The van der Waals surface area contributed by atoms with Gasteiger partial charge in [-0.2, -0.15) is 0 Å². The van der Waals surface area contributed by atoms with Crippen LogP contribution in [-0.4, -0.2) is 0 Å². The van der Waals surface area contributed by atoms with Gasteiger partial charge < -0.3 is 0 Å². The van der Waals surface area contributed by atoms with E-state index in [1.165, 1.54) is 25.7 Å². The predicted octanol–water partition coefficient (Wildman–Crippen LogP) is 6.69. The highest BCUT2D eigenvalue weighted by Gasteiger charge is 2.49. The summed E-state index contributed by atoms with van der Waals surface area (Å²) in [6, 6.07) is 0. The molecule has 4 aliphatic carbocycles. The van der Waals surface area contributed by atoms with Crippen molar-refractivity contribution >= 4 is 0 Å². The molecule has 0 aromatic rings. The summed E-state index contributed by atoms with van der Waals surface area (Å²) in [7, 11) is 0. The molecule has 0 aromatic heterocycles. The third-order valence-electron chi connectivity index (χ3n) is 8.76. The Bertz CT molecular complexity index is 364. The molecule has 4 saturated carbocycles. The summed E-state index contributed by atoms with van der Waals surface area (Å²) >= 11 is 0. The Labute approximate surface area is 138 Å². The SMILES string of the molecule is CC1CC(C(C)C2CCCCC2)CC2C1CC1CCCCC12. The van der Waals surface area contributed by atoms with Gasteiger partial charge in [-0.25, -0.2) is 0 Å². The molecule has 0 N–H and O–H groups in total. The molecule has 0 aromatic carbocycles. The number of fused-ring (bicyclic) bond motifs is 3. The second kappa shape index (κ2) is 6.48. The zero-order valence-corrected chi connectivity index (χ0v) is 15.1. The van der Waals surface area contributed by atoms with Crippen LogP contribution in [-0.2, 0) is 0 Å². The molecular weight excluding hydrogens is 264 g/mol. The summed E-state index contributed by atoms with van der Waals surface area (Å²) in [5, 5.41) is 0. The van der Waals surface area contributed by atoms with Gasteiger partial charge in [-0.15, -0.1) is 0 Å². The lowest BCUT2D eigenvalue weighted by Crippen LogP contribution is -2.36. The van der Waals surface area contributed by atoms with Crippen LogP contribution < -0.4 is 0 Å².